The Labute approximate surface area is 196 Å². The van der Waals surface area contributed by atoms with E-state index in [2.05, 4.69) is 10.6 Å². The maximum atomic E-state index is 13.1. The number of rotatable bonds is 9. The van der Waals surface area contributed by atoms with Crippen molar-refractivity contribution in [2.45, 2.75) is 31.3 Å². The van der Waals surface area contributed by atoms with Crippen LogP contribution in [0.2, 0.25) is 0 Å². The third-order valence-electron chi connectivity index (χ3n) is 5.46. The van der Waals surface area contributed by atoms with Gasteiger partial charge in [-0.3, -0.25) is 14.4 Å². The smallest absolute Gasteiger partial charge is 0.326 e. The number of nitrogens with one attached hydrogen (secondary N) is 2. The summed E-state index contributed by atoms with van der Waals surface area (Å²) in [5.41, 5.74) is 1.42. The predicted octanol–water partition coefficient (Wildman–Crippen LogP) is 1.76. The largest absolute Gasteiger partial charge is 0.480 e. The summed E-state index contributed by atoms with van der Waals surface area (Å²) in [6.45, 7) is -0.0601. The van der Waals surface area contributed by atoms with Crippen LogP contribution in [0.4, 0.5) is 4.39 Å². The first-order valence-electron chi connectivity index (χ1n) is 10.9. The van der Waals surface area contributed by atoms with Crippen molar-refractivity contribution in [3.05, 3.63) is 77.6 Å². The molecule has 1 heterocycles. The molecule has 0 aliphatic carbocycles. The van der Waals surface area contributed by atoms with E-state index in [0.717, 1.165) is 5.56 Å². The first-order valence-corrected chi connectivity index (χ1v) is 10.9. The van der Waals surface area contributed by atoms with Gasteiger partial charge in [0.25, 0.3) is 0 Å². The minimum atomic E-state index is -1.07. The van der Waals surface area contributed by atoms with Gasteiger partial charge in [0.1, 0.15) is 17.9 Å². The molecule has 1 aliphatic heterocycles. The second-order valence-electron chi connectivity index (χ2n) is 7.94. The fourth-order valence-electron chi connectivity index (χ4n) is 3.75. The predicted molar refractivity (Wildman–Crippen MR) is 123 cm³/mol. The van der Waals surface area contributed by atoms with Crippen molar-refractivity contribution in [3.63, 3.8) is 0 Å². The molecule has 0 saturated carbocycles. The fraction of sp³-hybridized carbons (Fsp3) is 0.280. The zero-order chi connectivity index (χ0) is 24.5. The number of amides is 3. The minimum Gasteiger partial charge on any atom is -0.480 e. The summed E-state index contributed by atoms with van der Waals surface area (Å²) < 4.78 is 12.9. The van der Waals surface area contributed by atoms with E-state index < -0.39 is 35.8 Å². The second kappa shape index (κ2) is 11.7. The molecule has 0 aromatic heterocycles. The molecule has 178 valence electrons. The van der Waals surface area contributed by atoms with Gasteiger partial charge in [-0.25, -0.2) is 9.18 Å². The first-order chi connectivity index (χ1) is 16.3. The molecule has 2 aromatic carbocycles. The standard InChI is InChI=1S/C25H26FN3O5/c26-19-11-8-17(9-12-19)10-13-22(30)27-16-23(31)28-20(15-18-5-2-1-3-6-18)24(32)29-14-4-7-21(29)25(33)34/h1-3,5-6,8-13,20-21H,4,7,14-16H2,(H,27,30)(H,28,31)(H,33,34)/b13-10+/t20-,21-/m0/s1. The summed E-state index contributed by atoms with van der Waals surface area (Å²) in [5.74, 6) is -3.04. The van der Waals surface area contributed by atoms with E-state index in [0.29, 0.717) is 24.9 Å². The highest BCUT2D eigenvalue weighted by Gasteiger charge is 2.37. The molecule has 0 bridgehead atoms. The van der Waals surface area contributed by atoms with Gasteiger partial charge in [-0.2, -0.15) is 0 Å². The van der Waals surface area contributed by atoms with Gasteiger partial charge in [0.2, 0.25) is 17.7 Å². The third kappa shape index (κ3) is 6.99. The number of nitrogens with zero attached hydrogens (tertiary/aromatic N) is 1. The monoisotopic (exact) mass is 467 g/mol. The van der Waals surface area contributed by atoms with Gasteiger partial charge >= 0.3 is 5.97 Å². The molecule has 1 fully saturated rings. The molecule has 3 rings (SSSR count). The average molecular weight is 467 g/mol. The minimum absolute atomic E-state index is 0.187. The highest BCUT2D eigenvalue weighted by atomic mass is 19.1. The van der Waals surface area contributed by atoms with Crippen LogP contribution in [-0.4, -0.2) is 58.9 Å². The summed E-state index contributed by atoms with van der Waals surface area (Å²) in [6.07, 6.45) is 3.82. The maximum absolute atomic E-state index is 13.1. The summed E-state index contributed by atoms with van der Waals surface area (Å²) in [7, 11) is 0. The lowest BCUT2D eigenvalue weighted by Crippen LogP contribution is -2.54. The molecule has 34 heavy (non-hydrogen) atoms. The van der Waals surface area contributed by atoms with Crippen LogP contribution in [0.25, 0.3) is 6.08 Å². The maximum Gasteiger partial charge on any atom is 0.326 e. The van der Waals surface area contributed by atoms with E-state index in [4.69, 9.17) is 0 Å². The Kier molecular flexibility index (Phi) is 8.50. The zero-order valence-electron chi connectivity index (χ0n) is 18.4. The van der Waals surface area contributed by atoms with Gasteiger partial charge in [-0.1, -0.05) is 42.5 Å². The quantitative estimate of drug-likeness (QED) is 0.486. The van der Waals surface area contributed by atoms with Crippen molar-refractivity contribution >= 4 is 29.8 Å². The number of benzene rings is 2. The topological polar surface area (TPSA) is 116 Å². The molecule has 9 heteroatoms. The van der Waals surface area contributed by atoms with Crippen LogP contribution in [0.1, 0.15) is 24.0 Å². The summed E-state index contributed by atoms with van der Waals surface area (Å²) in [6, 6.07) is 12.7. The Morgan fingerprint density at radius 1 is 1.09 bits per heavy atom. The summed E-state index contributed by atoms with van der Waals surface area (Å²) in [4.78, 5) is 50.5. The molecule has 3 amide bonds. The molecular weight excluding hydrogens is 441 g/mol. The van der Waals surface area contributed by atoms with Gasteiger partial charge in [0.15, 0.2) is 0 Å². The molecule has 2 aromatic rings. The molecule has 2 atom stereocenters. The summed E-state index contributed by atoms with van der Waals surface area (Å²) in [5, 5.41) is 14.5. The number of hydrogen-bond donors (Lipinski definition) is 3. The number of hydrogen-bond acceptors (Lipinski definition) is 4. The van der Waals surface area contributed by atoms with Crippen LogP contribution in [-0.2, 0) is 25.6 Å². The van der Waals surface area contributed by atoms with Crippen LogP contribution < -0.4 is 10.6 Å². The van der Waals surface area contributed by atoms with Crippen molar-refractivity contribution in [1.82, 2.24) is 15.5 Å². The lowest BCUT2D eigenvalue weighted by Gasteiger charge is -2.27. The van der Waals surface area contributed by atoms with Gasteiger partial charge in [0, 0.05) is 19.0 Å². The molecule has 3 N–H and O–H groups in total. The molecular formula is C25H26FN3O5. The van der Waals surface area contributed by atoms with Crippen molar-refractivity contribution in [2.75, 3.05) is 13.1 Å². The molecule has 8 nitrogen and oxygen atoms in total. The molecule has 1 saturated heterocycles. The lowest BCUT2D eigenvalue weighted by atomic mass is 10.0. The number of carboxylic acid groups (broad SMARTS) is 1. The number of carbonyl (C=O) groups excluding carboxylic acids is 3. The van der Waals surface area contributed by atoms with E-state index in [1.165, 1.54) is 41.3 Å². The van der Waals surface area contributed by atoms with Crippen LogP contribution in [0.3, 0.4) is 0 Å². The van der Waals surface area contributed by atoms with E-state index in [1.54, 1.807) is 0 Å². The van der Waals surface area contributed by atoms with Crippen LogP contribution in [0.5, 0.6) is 0 Å². The van der Waals surface area contributed by atoms with Gasteiger partial charge in [-0.05, 0) is 42.2 Å². The van der Waals surface area contributed by atoms with Crippen molar-refractivity contribution in [3.8, 4) is 0 Å². The lowest BCUT2D eigenvalue weighted by molar-refractivity contribution is -0.149. The third-order valence-corrected chi connectivity index (χ3v) is 5.46. The van der Waals surface area contributed by atoms with Crippen molar-refractivity contribution < 1.29 is 28.7 Å². The summed E-state index contributed by atoms with van der Waals surface area (Å²) >= 11 is 0. The van der Waals surface area contributed by atoms with Crippen LogP contribution in [0, 0.1) is 5.82 Å². The van der Waals surface area contributed by atoms with E-state index >= 15 is 0 Å². The Morgan fingerprint density at radius 2 is 1.79 bits per heavy atom. The molecule has 0 radical (unpaired) electrons. The number of carbonyl (C=O) groups is 4. The fourth-order valence-corrected chi connectivity index (χ4v) is 3.75. The number of halogens is 1. The Balaban J connectivity index is 1.61. The normalized spacial score (nSPS) is 16.3. The zero-order valence-corrected chi connectivity index (χ0v) is 18.4. The molecule has 0 unspecified atom stereocenters. The number of aliphatic carboxylic acids is 1. The highest BCUT2D eigenvalue weighted by molar-refractivity contribution is 5.95. The van der Waals surface area contributed by atoms with Crippen LogP contribution >= 0.6 is 0 Å². The van der Waals surface area contributed by atoms with E-state index in [9.17, 15) is 28.7 Å². The Bertz CT molecular complexity index is 1060. The van der Waals surface area contributed by atoms with Gasteiger partial charge in [0.05, 0.1) is 6.54 Å². The highest BCUT2D eigenvalue weighted by Crippen LogP contribution is 2.19. The van der Waals surface area contributed by atoms with E-state index in [-0.39, 0.29) is 18.8 Å². The SMILES string of the molecule is O=C(/C=C/c1ccc(F)cc1)NCC(=O)N[C@@H](Cc1ccccc1)C(=O)N1CCC[C@H]1C(=O)O. The molecule has 1 aliphatic rings. The van der Waals surface area contributed by atoms with Crippen molar-refractivity contribution in [2.24, 2.45) is 0 Å². The average Bonchev–Trinajstić information content (AvgIpc) is 3.32. The number of likely N-dealkylation sites (tertiary alicyclic amines) is 1. The first kappa shape index (κ1) is 24.6. The molecule has 0 spiro atoms. The van der Waals surface area contributed by atoms with Gasteiger partial charge < -0.3 is 20.6 Å². The van der Waals surface area contributed by atoms with Gasteiger partial charge in [-0.15, -0.1) is 0 Å². The Hall–Kier alpha value is -4.01. The Morgan fingerprint density at radius 3 is 2.47 bits per heavy atom. The van der Waals surface area contributed by atoms with Crippen LogP contribution in [0.15, 0.2) is 60.7 Å². The van der Waals surface area contributed by atoms with E-state index in [1.807, 2.05) is 30.3 Å². The second-order valence-corrected chi connectivity index (χ2v) is 7.94. The number of carboxylic acids is 1. The van der Waals surface area contributed by atoms with Crippen molar-refractivity contribution in [1.29, 1.82) is 0 Å².